The molecule has 1 aliphatic carbocycles. The van der Waals surface area contributed by atoms with E-state index >= 15 is 0 Å². The van der Waals surface area contributed by atoms with Gasteiger partial charge in [-0.1, -0.05) is 0 Å². The van der Waals surface area contributed by atoms with E-state index in [1.54, 1.807) is 44.0 Å². The fourth-order valence-corrected chi connectivity index (χ4v) is 4.79. The number of benzene rings is 2. The summed E-state index contributed by atoms with van der Waals surface area (Å²) in [6.07, 6.45) is 8.61. The van der Waals surface area contributed by atoms with Gasteiger partial charge in [-0.3, -0.25) is 9.98 Å². The van der Waals surface area contributed by atoms with Crippen molar-refractivity contribution in [2.75, 3.05) is 14.2 Å². The minimum absolute atomic E-state index is 0.198. The van der Waals surface area contributed by atoms with Crippen LogP contribution in [0.1, 0.15) is 22.7 Å². The number of hydrogen-bond acceptors (Lipinski definition) is 8. The largest absolute Gasteiger partial charge is 0.493 e. The number of aryl methyl sites for hydroxylation is 1. The monoisotopic (exact) mass is 519 g/mol. The molecule has 9 heteroatoms. The SMILES string of the molecule is COc1cc2nccc(N=C3C=CC(Oc4cc(F)cc(OCc5cnc(C)s5)c4)CC3)c2cc1OC. The zero-order valence-corrected chi connectivity index (χ0v) is 21.5. The van der Waals surface area contributed by atoms with Crippen LogP contribution >= 0.6 is 11.3 Å². The first kappa shape index (κ1) is 24.7. The molecule has 0 saturated carbocycles. The van der Waals surface area contributed by atoms with E-state index in [0.717, 1.165) is 32.2 Å². The summed E-state index contributed by atoms with van der Waals surface area (Å²) in [6.45, 7) is 2.27. The van der Waals surface area contributed by atoms with Gasteiger partial charge < -0.3 is 18.9 Å². The molecule has 0 N–H and O–H groups in total. The quantitative estimate of drug-likeness (QED) is 0.261. The average molecular weight is 520 g/mol. The summed E-state index contributed by atoms with van der Waals surface area (Å²) in [5.74, 6) is 1.67. The van der Waals surface area contributed by atoms with Crippen LogP contribution in [0.4, 0.5) is 10.1 Å². The second kappa shape index (κ2) is 11.0. The molecule has 1 atom stereocenters. The minimum atomic E-state index is -0.411. The topological polar surface area (TPSA) is 75.1 Å². The Balaban J connectivity index is 1.29. The third kappa shape index (κ3) is 5.89. The van der Waals surface area contributed by atoms with Gasteiger partial charge in [-0.2, -0.15) is 0 Å². The van der Waals surface area contributed by atoms with E-state index in [1.807, 2.05) is 37.3 Å². The highest BCUT2D eigenvalue weighted by molar-refractivity contribution is 7.11. The summed E-state index contributed by atoms with van der Waals surface area (Å²) in [6, 6.07) is 10.0. The van der Waals surface area contributed by atoms with Crippen molar-refractivity contribution >= 4 is 33.6 Å². The summed E-state index contributed by atoms with van der Waals surface area (Å²) in [5, 5.41) is 1.84. The van der Waals surface area contributed by atoms with E-state index in [-0.39, 0.29) is 6.10 Å². The van der Waals surface area contributed by atoms with E-state index < -0.39 is 5.82 Å². The predicted molar refractivity (Wildman–Crippen MR) is 142 cm³/mol. The summed E-state index contributed by atoms with van der Waals surface area (Å²) >= 11 is 1.55. The minimum Gasteiger partial charge on any atom is -0.493 e. The number of aromatic nitrogens is 2. The van der Waals surface area contributed by atoms with Crippen molar-refractivity contribution < 1.29 is 23.3 Å². The van der Waals surface area contributed by atoms with Gasteiger partial charge in [0.25, 0.3) is 0 Å². The molecule has 0 amide bonds. The second-order valence-electron chi connectivity index (χ2n) is 8.47. The van der Waals surface area contributed by atoms with Crippen LogP contribution in [-0.2, 0) is 6.61 Å². The van der Waals surface area contributed by atoms with Crippen molar-refractivity contribution in [1.82, 2.24) is 9.97 Å². The van der Waals surface area contributed by atoms with Gasteiger partial charge in [0.1, 0.15) is 30.0 Å². The zero-order chi connectivity index (χ0) is 25.8. The Morgan fingerprint density at radius 2 is 1.86 bits per heavy atom. The lowest BCUT2D eigenvalue weighted by molar-refractivity contribution is 0.235. The maximum Gasteiger partial charge on any atom is 0.162 e. The lowest BCUT2D eigenvalue weighted by Crippen LogP contribution is -2.19. The van der Waals surface area contributed by atoms with Gasteiger partial charge in [0.15, 0.2) is 11.5 Å². The number of rotatable bonds is 8. The molecule has 0 bridgehead atoms. The normalized spacial score (nSPS) is 16.2. The summed E-state index contributed by atoms with van der Waals surface area (Å²) < 4.78 is 36.8. The molecule has 0 aliphatic heterocycles. The predicted octanol–water partition coefficient (Wildman–Crippen LogP) is 6.61. The van der Waals surface area contributed by atoms with Crippen molar-refractivity contribution in [3.63, 3.8) is 0 Å². The molecule has 4 aromatic rings. The molecular weight excluding hydrogens is 493 g/mol. The second-order valence-corrected chi connectivity index (χ2v) is 9.79. The molecule has 7 nitrogen and oxygen atoms in total. The molecular formula is C28H26FN3O4S. The first-order valence-corrected chi connectivity index (χ1v) is 12.6. The molecule has 0 spiro atoms. The van der Waals surface area contributed by atoms with Crippen molar-refractivity contribution in [2.24, 2.45) is 4.99 Å². The van der Waals surface area contributed by atoms with Crippen LogP contribution in [0.5, 0.6) is 23.0 Å². The molecule has 1 unspecified atom stereocenters. The highest BCUT2D eigenvalue weighted by Crippen LogP contribution is 2.36. The first-order chi connectivity index (χ1) is 18.0. The zero-order valence-electron chi connectivity index (χ0n) is 20.7. The smallest absolute Gasteiger partial charge is 0.162 e. The molecule has 0 saturated heterocycles. The van der Waals surface area contributed by atoms with E-state index in [4.69, 9.17) is 23.9 Å². The summed E-state index contributed by atoms with van der Waals surface area (Å²) in [4.78, 5) is 14.5. The molecule has 2 aromatic heterocycles. The molecule has 2 heterocycles. The average Bonchev–Trinajstić information content (AvgIpc) is 3.32. The maximum absolute atomic E-state index is 14.2. The number of thiazole rings is 1. The highest BCUT2D eigenvalue weighted by atomic mass is 32.1. The third-order valence-electron chi connectivity index (χ3n) is 5.86. The number of aliphatic imine (C=N–C) groups is 1. The van der Waals surface area contributed by atoms with Crippen molar-refractivity contribution in [3.8, 4) is 23.0 Å². The molecule has 1 aliphatic rings. The van der Waals surface area contributed by atoms with Crippen molar-refractivity contribution in [1.29, 1.82) is 0 Å². The fraction of sp³-hybridized carbons (Fsp3) is 0.250. The van der Waals surface area contributed by atoms with Crippen molar-refractivity contribution in [3.05, 3.63) is 76.6 Å². The summed E-state index contributed by atoms with van der Waals surface area (Å²) in [5.41, 5.74) is 2.49. The number of halogens is 1. The van der Waals surface area contributed by atoms with Gasteiger partial charge in [0, 0.05) is 47.8 Å². The molecule has 2 aromatic carbocycles. The van der Waals surface area contributed by atoms with Gasteiger partial charge in [-0.25, -0.2) is 9.37 Å². The van der Waals surface area contributed by atoms with E-state index in [0.29, 0.717) is 42.4 Å². The van der Waals surface area contributed by atoms with Crippen LogP contribution in [0.15, 0.2) is 65.9 Å². The number of fused-ring (bicyclic) bond motifs is 1. The Bertz CT molecular complexity index is 1480. The Hall–Kier alpha value is -3.98. The van der Waals surface area contributed by atoms with Crippen LogP contribution < -0.4 is 18.9 Å². The van der Waals surface area contributed by atoms with Gasteiger partial charge in [0.2, 0.25) is 0 Å². The molecule has 190 valence electrons. The Morgan fingerprint density at radius 3 is 2.59 bits per heavy atom. The Morgan fingerprint density at radius 1 is 1.05 bits per heavy atom. The van der Waals surface area contributed by atoms with E-state index in [1.165, 1.54) is 12.1 Å². The number of pyridine rings is 1. The third-order valence-corrected chi connectivity index (χ3v) is 6.74. The fourth-order valence-electron chi connectivity index (χ4n) is 4.08. The van der Waals surface area contributed by atoms with Crippen LogP contribution in [0.25, 0.3) is 10.9 Å². The molecule has 37 heavy (non-hydrogen) atoms. The number of methoxy groups -OCH3 is 2. The van der Waals surface area contributed by atoms with Crippen molar-refractivity contribution in [2.45, 2.75) is 32.5 Å². The molecule has 0 radical (unpaired) electrons. The number of nitrogens with zero attached hydrogens (tertiary/aromatic N) is 3. The number of ether oxygens (including phenoxy) is 4. The van der Waals surface area contributed by atoms with Crippen LogP contribution in [0.2, 0.25) is 0 Å². The molecule has 5 rings (SSSR count). The van der Waals surface area contributed by atoms with Gasteiger partial charge >= 0.3 is 0 Å². The standard InChI is InChI=1S/C28H26FN3O4S/c1-17-31-15-23(37-17)16-35-21-10-18(29)11-22(12-21)36-20-6-4-19(5-7-20)32-25-8-9-30-26-14-28(34-3)27(33-2)13-24(25)26/h4,6,8-15,20H,5,7,16H2,1-3H3. The number of allylic oxidation sites excluding steroid dienone is 1. The lowest BCUT2D eigenvalue weighted by Gasteiger charge is -2.20. The summed E-state index contributed by atoms with van der Waals surface area (Å²) in [7, 11) is 3.20. The molecule has 0 fully saturated rings. The lowest BCUT2D eigenvalue weighted by atomic mass is 10.0. The Kier molecular flexibility index (Phi) is 7.32. The first-order valence-electron chi connectivity index (χ1n) is 11.8. The van der Waals surface area contributed by atoms with Gasteiger partial charge in [0.05, 0.1) is 35.3 Å². The van der Waals surface area contributed by atoms with Crippen LogP contribution in [-0.4, -0.2) is 36.0 Å². The van der Waals surface area contributed by atoms with Crippen LogP contribution in [0, 0.1) is 12.7 Å². The van der Waals surface area contributed by atoms with Gasteiger partial charge in [-0.15, -0.1) is 11.3 Å². The van der Waals surface area contributed by atoms with Crippen LogP contribution in [0.3, 0.4) is 0 Å². The van der Waals surface area contributed by atoms with E-state index in [2.05, 4.69) is 9.97 Å². The van der Waals surface area contributed by atoms with E-state index in [9.17, 15) is 4.39 Å². The highest BCUT2D eigenvalue weighted by Gasteiger charge is 2.16. The maximum atomic E-state index is 14.2. The van der Waals surface area contributed by atoms with Gasteiger partial charge in [-0.05, 0) is 44.1 Å². The number of hydrogen-bond donors (Lipinski definition) is 0. The Labute approximate surface area is 218 Å².